The summed E-state index contributed by atoms with van der Waals surface area (Å²) in [6.07, 6.45) is 1.94. The van der Waals surface area contributed by atoms with E-state index >= 15 is 0 Å². The van der Waals surface area contributed by atoms with Gasteiger partial charge in [-0.3, -0.25) is 4.79 Å². The first kappa shape index (κ1) is 23.2. The van der Waals surface area contributed by atoms with Gasteiger partial charge in [0.25, 0.3) is 0 Å². The smallest absolute Gasteiger partial charge is 0.243 e. The van der Waals surface area contributed by atoms with Crippen molar-refractivity contribution in [2.75, 3.05) is 44.1 Å². The van der Waals surface area contributed by atoms with Crippen LogP contribution in [0, 0.1) is 0 Å². The normalized spacial score (nSPS) is 10.4. The summed E-state index contributed by atoms with van der Waals surface area (Å²) < 4.78 is 16.4. The molecule has 3 rings (SSSR count). The summed E-state index contributed by atoms with van der Waals surface area (Å²) >= 11 is 0. The number of rotatable bonds is 13. The van der Waals surface area contributed by atoms with E-state index in [1.165, 1.54) is 5.56 Å². The second kappa shape index (κ2) is 13.0. The van der Waals surface area contributed by atoms with Crippen molar-refractivity contribution in [2.24, 2.45) is 0 Å². The minimum Gasteiger partial charge on any atom is -0.494 e. The number of anilines is 2. The summed E-state index contributed by atoms with van der Waals surface area (Å²) in [4.78, 5) is 12.3. The van der Waals surface area contributed by atoms with Crippen LogP contribution in [0.5, 0.6) is 11.5 Å². The molecule has 0 radical (unpaired) electrons. The molecule has 0 heterocycles. The van der Waals surface area contributed by atoms with Crippen LogP contribution in [-0.4, -0.2) is 39.4 Å². The van der Waals surface area contributed by atoms with Gasteiger partial charge >= 0.3 is 0 Å². The number of hydrogen-bond acceptors (Lipinski definition) is 5. The Morgan fingerprint density at radius 2 is 1.56 bits per heavy atom. The van der Waals surface area contributed by atoms with Crippen LogP contribution in [0.3, 0.4) is 0 Å². The first-order chi connectivity index (χ1) is 15.7. The number of amides is 1. The Bertz CT molecular complexity index is 946. The highest BCUT2D eigenvalue weighted by Gasteiger charge is 2.04. The summed E-state index contributed by atoms with van der Waals surface area (Å²) in [5.41, 5.74) is 2.85. The van der Waals surface area contributed by atoms with Crippen LogP contribution in [-0.2, 0) is 16.0 Å². The van der Waals surface area contributed by atoms with E-state index in [0.717, 1.165) is 35.7 Å². The lowest BCUT2D eigenvalue weighted by molar-refractivity contribution is -0.114. The lowest BCUT2D eigenvalue weighted by Gasteiger charge is -2.11. The van der Waals surface area contributed by atoms with Crippen molar-refractivity contribution in [3.8, 4) is 11.5 Å². The predicted octanol–water partition coefficient (Wildman–Crippen LogP) is 4.77. The van der Waals surface area contributed by atoms with E-state index in [0.29, 0.717) is 19.8 Å². The maximum atomic E-state index is 12.3. The van der Waals surface area contributed by atoms with Crippen LogP contribution in [0.4, 0.5) is 11.4 Å². The van der Waals surface area contributed by atoms with Gasteiger partial charge in [0.05, 0.1) is 19.8 Å². The number of aryl methyl sites for hydroxylation is 1. The highest BCUT2D eigenvalue weighted by atomic mass is 16.5. The maximum absolute atomic E-state index is 12.3. The molecule has 168 valence electrons. The molecule has 3 aromatic rings. The van der Waals surface area contributed by atoms with Gasteiger partial charge in [-0.05, 0) is 54.8 Å². The molecule has 6 heteroatoms. The van der Waals surface area contributed by atoms with Crippen molar-refractivity contribution in [3.05, 3.63) is 84.4 Å². The Balaban J connectivity index is 1.36. The van der Waals surface area contributed by atoms with Crippen molar-refractivity contribution in [3.63, 3.8) is 0 Å². The van der Waals surface area contributed by atoms with Crippen LogP contribution in [0.25, 0.3) is 0 Å². The Labute approximate surface area is 189 Å². The van der Waals surface area contributed by atoms with Gasteiger partial charge in [-0.25, -0.2) is 0 Å². The van der Waals surface area contributed by atoms with E-state index < -0.39 is 0 Å². The van der Waals surface area contributed by atoms with Crippen molar-refractivity contribution < 1.29 is 19.0 Å². The van der Waals surface area contributed by atoms with Crippen molar-refractivity contribution in [1.82, 2.24) is 0 Å². The molecule has 0 unspecified atom stereocenters. The molecule has 0 fully saturated rings. The van der Waals surface area contributed by atoms with Crippen LogP contribution in [0.15, 0.2) is 78.9 Å². The lowest BCUT2D eigenvalue weighted by Crippen LogP contribution is -2.21. The second-order valence-corrected chi connectivity index (χ2v) is 7.23. The average molecular weight is 435 g/mol. The van der Waals surface area contributed by atoms with E-state index in [1.54, 1.807) is 7.11 Å². The Morgan fingerprint density at radius 3 is 2.34 bits per heavy atom. The highest BCUT2D eigenvalue weighted by Crippen LogP contribution is 2.18. The quantitative estimate of drug-likeness (QED) is 0.379. The number of methoxy groups -OCH3 is 1. The Hall–Kier alpha value is -3.51. The van der Waals surface area contributed by atoms with E-state index in [1.807, 2.05) is 54.6 Å². The maximum Gasteiger partial charge on any atom is 0.243 e. The fourth-order valence-corrected chi connectivity index (χ4v) is 3.07. The molecule has 3 aromatic carbocycles. The van der Waals surface area contributed by atoms with E-state index in [9.17, 15) is 4.79 Å². The standard InChI is InChI=1S/C26H30N2O4/c1-30-17-18-32-25-11-5-10-23(19-25)27-20-26(29)28-22-12-14-24(15-13-22)31-16-6-9-21-7-3-2-4-8-21/h2-5,7-8,10-15,19,27H,6,9,16-18,20H2,1H3,(H,28,29). The molecule has 0 saturated carbocycles. The predicted molar refractivity (Wildman–Crippen MR) is 128 cm³/mol. The Kier molecular flexibility index (Phi) is 9.42. The molecular formula is C26H30N2O4. The molecule has 0 bridgehead atoms. The van der Waals surface area contributed by atoms with E-state index in [4.69, 9.17) is 14.2 Å². The van der Waals surface area contributed by atoms with Gasteiger partial charge < -0.3 is 24.8 Å². The molecular weight excluding hydrogens is 404 g/mol. The second-order valence-electron chi connectivity index (χ2n) is 7.23. The Morgan fingerprint density at radius 1 is 0.781 bits per heavy atom. The number of hydrogen-bond donors (Lipinski definition) is 2. The fraction of sp³-hybridized carbons (Fsp3) is 0.269. The molecule has 32 heavy (non-hydrogen) atoms. The minimum atomic E-state index is -0.132. The number of carbonyl (C=O) groups excluding carboxylic acids is 1. The summed E-state index contributed by atoms with van der Waals surface area (Å²) in [6.45, 7) is 1.81. The first-order valence-electron chi connectivity index (χ1n) is 10.8. The molecule has 0 aromatic heterocycles. The van der Waals surface area contributed by atoms with E-state index in [2.05, 4.69) is 34.9 Å². The summed E-state index contributed by atoms with van der Waals surface area (Å²) in [5.74, 6) is 1.39. The average Bonchev–Trinajstić information content (AvgIpc) is 2.83. The first-order valence-corrected chi connectivity index (χ1v) is 10.8. The SMILES string of the molecule is COCCOc1cccc(NCC(=O)Nc2ccc(OCCCc3ccccc3)cc2)c1. The molecule has 1 amide bonds. The van der Waals surface area contributed by atoms with Gasteiger partial charge in [0.1, 0.15) is 18.1 Å². The summed E-state index contributed by atoms with van der Waals surface area (Å²) in [5, 5.41) is 5.99. The summed E-state index contributed by atoms with van der Waals surface area (Å²) in [6, 6.07) is 25.3. The third kappa shape index (κ3) is 8.32. The van der Waals surface area contributed by atoms with Gasteiger partial charge in [0.2, 0.25) is 5.91 Å². The van der Waals surface area contributed by atoms with Gasteiger partial charge in [0.15, 0.2) is 0 Å². The summed E-state index contributed by atoms with van der Waals surface area (Å²) in [7, 11) is 1.63. The van der Waals surface area contributed by atoms with Gasteiger partial charge in [-0.15, -0.1) is 0 Å². The zero-order valence-corrected chi connectivity index (χ0v) is 18.4. The molecule has 0 spiro atoms. The number of carbonyl (C=O) groups is 1. The zero-order valence-electron chi connectivity index (χ0n) is 18.4. The number of benzene rings is 3. The lowest BCUT2D eigenvalue weighted by atomic mass is 10.1. The third-order valence-corrected chi connectivity index (χ3v) is 4.70. The largest absolute Gasteiger partial charge is 0.494 e. The molecule has 2 N–H and O–H groups in total. The highest BCUT2D eigenvalue weighted by molar-refractivity contribution is 5.93. The van der Waals surface area contributed by atoms with Gasteiger partial charge in [-0.2, -0.15) is 0 Å². The molecule has 0 atom stereocenters. The third-order valence-electron chi connectivity index (χ3n) is 4.70. The minimum absolute atomic E-state index is 0.132. The number of nitrogens with one attached hydrogen (secondary N) is 2. The molecule has 0 saturated heterocycles. The van der Waals surface area contributed by atoms with Gasteiger partial charge in [-0.1, -0.05) is 36.4 Å². The zero-order chi connectivity index (χ0) is 22.4. The van der Waals surface area contributed by atoms with Crippen LogP contribution in [0.2, 0.25) is 0 Å². The molecule has 0 aliphatic rings. The van der Waals surface area contributed by atoms with Crippen LogP contribution in [0.1, 0.15) is 12.0 Å². The topological polar surface area (TPSA) is 68.8 Å². The molecule has 6 nitrogen and oxygen atoms in total. The van der Waals surface area contributed by atoms with Crippen LogP contribution >= 0.6 is 0 Å². The van der Waals surface area contributed by atoms with Crippen molar-refractivity contribution in [1.29, 1.82) is 0 Å². The molecule has 0 aliphatic heterocycles. The monoisotopic (exact) mass is 434 g/mol. The molecule has 0 aliphatic carbocycles. The van der Waals surface area contributed by atoms with Crippen molar-refractivity contribution in [2.45, 2.75) is 12.8 Å². The van der Waals surface area contributed by atoms with E-state index in [-0.39, 0.29) is 12.5 Å². The van der Waals surface area contributed by atoms with Gasteiger partial charge in [0, 0.05) is 24.6 Å². The van der Waals surface area contributed by atoms with Crippen LogP contribution < -0.4 is 20.1 Å². The number of ether oxygens (including phenoxy) is 3. The van der Waals surface area contributed by atoms with Crippen molar-refractivity contribution >= 4 is 17.3 Å². The fourth-order valence-electron chi connectivity index (χ4n) is 3.07.